The molecule has 0 radical (unpaired) electrons. The molecule has 1 N–H and O–H groups in total. The third-order valence-corrected chi connectivity index (χ3v) is 2.07. The molecule has 0 heterocycles. The van der Waals surface area contributed by atoms with E-state index in [9.17, 15) is 22.0 Å². The van der Waals surface area contributed by atoms with Gasteiger partial charge in [-0.1, -0.05) is 0 Å². The Morgan fingerprint density at radius 1 is 1.12 bits per heavy atom. The van der Waals surface area contributed by atoms with Crippen molar-refractivity contribution in [2.45, 2.75) is 18.6 Å². The van der Waals surface area contributed by atoms with Gasteiger partial charge in [-0.25, -0.2) is 8.78 Å². The molecule has 0 aliphatic carbocycles. The van der Waals surface area contributed by atoms with E-state index in [1.54, 1.807) is 0 Å². The molecule has 16 heavy (non-hydrogen) atoms. The fourth-order valence-corrected chi connectivity index (χ4v) is 1.39. The maximum atomic E-state index is 12.8. The second-order valence-corrected chi connectivity index (χ2v) is 3.36. The van der Waals surface area contributed by atoms with Crippen molar-refractivity contribution in [1.29, 1.82) is 0 Å². The molecule has 0 amide bonds. The first-order chi connectivity index (χ1) is 7.31. The van der Waals surface area contributed by atoms with Crippen LogP contribution in [0.3, 0.4) is 0 Å². The van der Waals surface area contributed by atoms with Crippen molar-refractivity contribution in [3.05, 3.63) is 35.4 Å². The standard InChI is InChI=1S/C10H10F5N/c1-16-9(5-10(13,14)15)6-2-7(11)4-8(12)3-6/h2-4,9,16H,5H2,1H3. The van der Waals surface area contributed by atoms with Crippen LogP contribution in [0.4, 0.5) is 22.0 Å². The molecule has 1 nitrogen and oxygen atoms in total. The third-order valence-electron chi connectivity index (χ3n) is 2.07. The molecule has 0 saturated carbocycles. The van der Waals surface area contributed by atoms with E-state index in [1.165, 1.54) is 7.05 Å². The van der Waals surface area contributed by atoms with Gasteiger partial charge < -0.3 is 5.32 Å². The predicted molar refractivity (Wildman–Crippen MR) is 48.8 cm³/mol. The lowest BCUT2D eigenvalue weighted by atomic mass is 10.0. The summed E-state index contributed by atoms with van der Waals surface area (Å²) >= 11 is 0. The predicted octanol–water partition coefficient (Wildman–Crippen LogP) is 3.18. The Balaban J connectivity index is 2.95. The zero-order valence-electron chi connectivity index (χ0n) is 8.41. The number of alkyl halides is 3. The minimum absolute atomic E-state index is 0.0580. The summed E-state index contributed by atoms with van der Waals surface area (Å²) in [6, 6.07) is 1.24. The van der Waals surface area contributed by atoms with Crippen molar-refractivity contribution in [2.24, 2.45) is 0 Å². The molecule has 1 atom stereocenters. The molecule has 0 spiro atoms. The summed E-state index contributed by atoms with van der Waals surface area (Å²) in [5, 5.41) is 2.38. The van der Waals surface area contributed by atoms with Crippen LogP contribution < -0.4 is 5.32 Å². The second-order valence-electron chi connectivity index (χ2n) is 3.36. The highest BCUT2D eigenvalue weighted by Crippen LogP contribution is 2.29. The van der Waals surface area contributed by atoms with E-state index in [4.69, 9.17) is 0 Å². The van der Waals surface area contributed by atoms with Crippen LogP contribution in [0.25, 0.3) is 0 Å². The zero-order valence-corrected chi connectivity index (χ0v) is 8.41. The summed E-state index contributed by atoms with van der Waals surface area (Å²) in [5.74, 6) is -1.78. The van der Waals surface area contributed by atoms with E-state index in [0.717, 1.165) is 12.1 Å². The highest BCUT2D eigenvalue weighted by atomic mass is 19.4. The lowest BCUT2D eigenvalue weighted by Crippen LogP contribution is -2.23. The summed E-state index contributed by atoms with van der Waals surface area (Å²) in [7, 11) is 1.30. The third kappa shape index (κ3) is 3.77. The lowest BCUT2D eigenvalue weighted by Gasteiger charge is -2.18. The van der Waals surface area contributed by atoms with Crippen LogP contribution in [0.5, 0.6) is 0 Å². The van der Waals surface area contributed by atoms with Gasteiger partial charge in [0.25, 0.3) is 0 Å². The first-order valence-electron chi connectivity index (χ1n) is 4.52. The van der Waals surface area contributed by atoms with Gasteiger partial charge in [0.05, 0.1) is 6.42 Å². The zero-order chi connectivity index (χ0) is 12.3. The largest absolute Gasteiger partial charge is 0.390 e. The van der Waals surface area contributed by atoms with E-state index in [2.05, 4.69) is 5.32 Å². The molecule has 0 fully saturated rings. The van der Waals surface area contributed by atoms with Gasteiger partial charge in [0.2, 0.25) is 0 Å². The number of hydrogen-bond acceptors (Lipinski definition) is 1. The summed E-state index contributed by atoms with van der Waals surface area (Å²) in [6.07, 6.45) is -5.57. The Bertz CT molecular complexity index is 340. The van der Waals surface area contributed by atoms with Crippen molar-refractivity contribution < 1.29 is 22.0 Å². The highest BCUT2D eigenvalue weighted by molar-refractivity contribution is 5.21. The molecule has 0 aliphatic heterocycles. The number of nitrogens with one attached hydrogen (secondary N) is 1. The van der Waals surface area contributed by atoms with Crippen LogP contribution in [-0.4, -0.2) is 13.2 Å². The Kier molecular flexibility index (Phi) is 3.85. The van der Waals surface area contributed by atoms with E-state index in [0.29, 0.717) is 6.07 Å². The molecular weight excluding hydrogens is 229 g/mol. The van der Waals surface area contributed by atoms with Gasteiger partial charge >= 0.3 is 6.18 Å². The molecule has 0 saturated heterocycles. The lowest BCUT2D eigenvalue weighted by molar-refractivity contribution is -0.140. The Morgan fingerprint density at radius 2 is 1.62 bits per heavy atom. The normalized spacial score (nSPS) is 13.9. The molecule has 1 rings (SSSR count). The molecule has 1 unspecified atom stereocenters. The van der Waals surface area contributed by atoms with E-state index < -0.39 is 30.3 Å². The smallest absolute Gasteiger partial charge is 0.313 e. The maximum absolute atomic E-state index is 12.8. The van der Waals surface area contributed by atoms with Crippen LogP contribution in [-0.2, 0) is 0 Å². The molecule has 90 valence electrons. The summed E-state index contributed by atoms with van der Waals surface area (Å²) in [4.78, 5) is 0. The number of hydrogen-bond donors (Lipinski definition) is 1. The Labute approximate surface area is 89.3 Å². The van der Waals surface area contributed by atoms with Crippen molar-refractivity contribution in [1.82, 2.24) is 5.32 Å². The molecular formula is C10H10F5N. The topological polar surface area (TPSA) is 12.0 Å². The van der Waals surface area contributed by atoms with Gasteiger partial charge in [-0.15, -0.1) is 0 Å². The minimum atomic E-state index is -4.39. The number of rotatable bonds is 3. The first kappa shape index (κ1) is 12.9. The first-order valence-corrected chi connectivity index (χ1v) is 4.52. The van der Waals surface area contributed by atoms with Crippen LogP contribution in [0.2, 0.25) is 0 Å². The van der Waals surface area contributed by atoms with Crippen molar-refractivity contribution >= 4 is 0 Å². The molecule has 0 bridgehead atoms. The van der Waals surface area contributed by atoms with Gasteiger partial charge in [0.15, 0.2) is 0 Å². The van der Waals surface area contributed by atoms with Crippen molar-refractivity contribution in [3.8, 4) is 0 Å². The monoisotopic (exact) mass is 239 g/mol. The van der Waals surface area contributed by atoms with Crippen molar-refractivity contribution in [2.75, 3.05) is 7.05 Å². The average molecular weight is 239 g/mol. The summed E-state index contributed by atoms with van der Waals surface area (Å²) in [6.45, 7) is 0. The molecule has 0 aromatic heterocycles. The van der Waals surface area contributed by atoms with E-state index in [1.807, 2.05) is 0 Å². The van der Waals surface area contributed by atoms with Crippen LogP contribution in [0.1, 0.15) is 18.0 Å². The van der Waals surface area contributed by atoms with Crippen LogP contribution in [0.15, 0.2) is 18.2 Å². The van der Waals surface area contributed by atoms with E-state index >= 15 is 0 Å². The summed E-state index contributed by atoms with van der Waals surface area (Å²) in [5.41, 5.74) is -0.0580. The fourth-order valence-electron chi connectivity index (χ4n) is 1.39. The van der Waals surface area contributed by atoms with Gasteiger partial charge in [0, 0.05) is 12.1 Å². The number of benzene rings is 1. The van der Waals surface area contributed by atoms with Gasteiger partial charge in [-0.3, -0.25) is 0 Å². The van der Waals surface area contributed by atoms with Gasteiger partial charge in [-0.2, -0.15) is 13.2 Å². The minimum Gasteiger partial charge on any atom is -0.313 e. The fraction of sp³-hybridized carbons (Fsp3) is 0.400. The Morgan fingerprint density at radius 3 is 2.00 bits per heavy atom. The molecule has 1 aromatic rings. The SMILES string of the molecule is CNC(CC(F)(F)F)c1cc(F)cc(F)c1. The molecule has 1 aromatic carbocycles. The molecule has 6 heteroatoms. The maximum Gasteiger partial charge on any atom is 0.390 e. The number of halogens is 5. The van der Waals surface area contributed by atoms with E-state index in [-0.39, 0.29) is 5.56 Å². The quantitative estimate of drug-likeness (QED) is 0.799. The highest BCUT2D eigenvalue weighted by Gasteiger charge is 2.32. The van der Waals surface area contributed by atoms with Gasteiger partial charge in [-0.05, 0) is 24.7 Å². The second kappa shape index (κ2) is 4.78. The van der Waals surface area contributed by atoms with Crippen molar-refractivity contribution in [3.63, 3.8) is 0 Å². The summed E-state index contributed by atoms with van der Waals surface area (Å²) < 4.78 is 62.1. The Hall–Kier alpha value is -1.17. The average Bonchev–Trinajstić information content (AvgIpc) is 2.11. The van der Waals surface area contributed by atoms with Gasteiger partial charge in [0.1, 0.15) is 11.6 Å². The van der Waals surface area contributed by atoms with Crippen LogP contribution >= 0.6 is 0 Å². The molecule has 0 aliphatic rings. The van der Waals surface area contributed by atoms with Crippen LogP contribution in [0, 0.1) is 11.6 Å².